The smallest absolute Gasteiger partial charge is 0.137 e. The first-order valence-electron chi connectivity index (χ1n) is 5.11. The average Bonchev–Trinajstić information content (AvgIpc) is 2.34. The van der Waals surface area contributed by atoms with Crippen molar-refractivity contribution in [2.45, 2.75) is 0 Å². The van der Waals surface area contributed by atoms with Crippen LogP contribution in [0, 0.1) is 0 Å². The van der Waals surface area contributed by atoms with Crippen LogP contribution in [0.4, 0.5) is 17.1 Å². The summed E-state index contributed by atoms with van der Waals surface area (Å²) in [5.41, 5.74) is 7.98. The van der Waals surface area contributed by atoms with Gasteiger partial charge in [-0.1, -0.05) is 11.6 Å². The second kappa shape index (κ2) is 5.46. The summed E-state index contributed by atoms with van der Waals surface area (Å²) in [6.07, 6.45) is 3.25. The Kier molecular flexibility index (Phi) is 3.93. The van der Waals surface area contributed by atoms with Gasteiger partial charge < -0.3 is 15.8 Å². The lowest BCUT2D eigenvalue weighted by atomic mass is 10.2. The topological polar surface area (TPSA) is 60.2 Å². The Balaban J connectivity index is 2.32. The van der Waals surface area contributed by atoms with Gasteiger partial charge in [0, 0.05) is 11.9 Å². The quantitative estimate of drug-likeness (QED) is 0.899. The van der Waals surface area contributed by atoms with Gasteiger partial charge in [-0.05, 0) is 34.1 Å². The molecule has 0 saturated heterocycles. The molecule has 1 heterocycles. The number of anilines is 3. The molecule has 0 aliphatic heterocycles. The molecular weight excluding hydrogens is 318 g/mol. The molecule has 2 rings (SSSR count). The molecule has 2 aromatic rings. The Hall–Kier alpha value is -1.46. The van der Waals surface area contributed by atoms with Crippen LogP contribution in [-0.4, -0.2) is 12.1 Å². The Morgan fingerprint density at radius 3 is 2.78 bits per heavy atom. The number of hydrogen-bond donors (Lipinski definition) is 2. The molecule has 0 amide bonds. The van der Waals surface area contributed by atoms with Crippen LogP contribution in [0.15, 0.2) is 35.1 Å². The normalized spacial score (nSPS) is 10.2. The van der Waals surface area contributed by atoms with E-state index in [0.717, 1.165) is 15.8 Å². The molecular formula is C12H11BrClN3O. The summed E-state index contributed by atoms with van der Waals surface area (Å²) < 4.78 is 5.88. The summed E-state index contributed by atoms with van der Waals surface area (Å²) in [5, 5.41) is 3.71. The van der Waals surface area contributed by atoms with Crippen molar-refractivity contribution < 1.29 is 4.74 Å². The molecule has 0 fully saturated rings. The molecule has 6 heteroatoms. The molecule has 3 N–H and O–H groups in total. The predicted molar refractivity (Wildman–Crippen MR) is 77.6 cm³/mol. The van der Waals surface area contributed by atoms with Crippen LogP contribution >= 0.6 is 27.5 Å². The van der Waals surface area contributed by atoms with E-state index in [1.54, 1.807) is 31.6 Å². The van der Waals surface area contributed by atoms with Gasteiger partial charge in [0.1, 0.15) is 5.75 Å². The number of nitrogens with two attached hydrogens (primary N) is 1. The molecule has 0 atom stereocenters. The molecule has 0 spiro atoms. The van der Waals surface area contributed by atoms with Crippen LogP contribution in [0.1, 0.15) is 0 Å². The minimum atomic E-state index is 0.534. The number of benzene rings is 1. The van der Waals surface area contributed by atoms with Crippen LogP contribution in [0.25, 0.3) is 0 Å². The number of pyridine rings is 1. The summed E-state index contributed by atoms with van der Waals surface area (Å²) in [6.45, 7) is 0. The lowest BCUT2D eigenvalue weighted by Gasteiger charge is -2.12. The SMILES string of the molecule is COc1ccc(Nc2c(N)cncc2Br)cc1Cl. The molecule has 1 aromatic carbocycles. The van der Waals surface area contributed by atoms with E-state index >= 15 is 0 Å². The second-order valence-electron chi connectivity index (χ2n) is 3.56. The zero-order valence-corrected chi connectivity index (χ0v) is 11.9. The highest BCUT2D eigenvalue weighted by Gasteiger charge is 2.07. The van der Waals surface area contributed by atoms with Crippen molar-refractivity contribution in [2.75, 3.05) is 18.2 Å². The Labute approximate surface area is 118 Å². The van der Waals surface area contributed by atoms with Crippen molar-refractivity contribution in [3.05, 3.63) is 40.1 Å². The third kappa shape index (κ3) is 2.68. The number of aromatic nitrogens is 1. The third-order valence-electron chi connectivity index (χ3n) is 2.35. The number of nitrogen functional groups attached to an aromatic ring is 1. The number of halogens is 2. The number of methoxy groups -OCH3 is 1. The largest absolute Gasteiger partial charge is 0.495 e. The molecule has 0 saturated carbocycles. The molecule has 0 aliphatic carbocycles. The summed E-state index contributed by atoms with van der Waals surface area (Å²) in [4.78, 5) is 3.97. The Bertz CT molecular complexity index is 557. The van der Waals surface area contributed by atoms with Crippen molar-refractivity contribution >= 4 is 44.6 Å². The van der Waals surface area contributed by atoms with E-state index in [2.05, 4.69) is 26.2 Å². The highest BCUT2D eigenvalue weighted by Crippen LogP contribution is 2.33. The molecule has 4 nitrogen and oxygen atoms in total. The van der Waals surface area contributed by atoms with Crippen molar-refractivity contribution in [1.82, 2.24) is 4.98 Å². The van der Waals surface area contributed by atoms with Gasteiger partial charge in [-0.2, -0.15) is 0 Å². The van der Waals surface area contributed by atoms with E-state index in [0.29, 0.717) is 16.5 Å². The van der Waals surface area contributed by atoms with Crippen LogP contribution in [-0.2, 0) is 0 Å². The molecule has 94 valence electrons. The van der Waals surface area contributed by atoms with E-state index in [1.807, 2.05) is 6.07 Å². The fraction of sp³-hybridized carbons (Fsp3) is 0.0833. The molecule has 1 aromatic heterocycles. The Morgan fingerprint density at radius 1 is 1.39 bits per heavy atom. The zero-order chi connectivity index (χ0) is 13.1. The first kappa shape index (κ1) is 13.0. The van der Waals surface area contributed by atoms with E-state index < -0.39 is 0 Å². The summed E-state index contributed by atoms with van der Waals surface area (Å²) in [6, 6.07) is 5.42. The second-order valence-corrected chi connectivity index (χ2v) is 4.82. The number of ether oxygens (including phenoxy) is 1. The van der Waals surface area contributed by atoms with Crippen LogP contribution in [0.2, 0.25) is 5.02 Å². The van der Waals surface area contributed by atoms with Gasteiger partial charge in [0.2, 0.25) is 0 Å². The van der Waals surface area contributed by atoms with Gasteiger partial charge in [0.05, 0.1) is 34.2 Å². The lowest BCUT2D eigenvalue weighted by molar-refractivity contribution is 0.415. The average molecular weight is 329 g/mol. The maximum Gasteiger partial charge on any atom is 0.137 e. The van der Waals surface area contributed by atoms with Crippen molar-refractivity contribution in [1.29, 1.82) is 0 Å². The van der Waals surface area contributed by atoms with Crippen LogP contribution < -0.4 is 15.8 Å². The standard InChI is InChI=1S/C12H11BrClN3O/c1-18-11-3-2-7(4-9(11)14)17-12-8(13)5-16-6-10(12)15/h2-6H,15H2,1H3,(H,16,17). The van der Waals surface area contributed by atoms with E-state index in [1.165, 1.54) is 0 Å². The van der Waals surface area contributed by atoms with Gasteiger partial charge in [0.25, 0.3) is 0 Å². The molecule has 0 bridgehead atoms. The number of nitrogens with zero attached hydrogens (tertiary/aromatic N) is 1. The minimum absolute atomic E-state index is 0.534. The van der Waals surface area contributed by atoms with Crippen LogP contribution in [0.3, 0.4) is 0 Å². The number of hydrogen-bond acceptors (Lipinski definition) is 4. The van der Waals surface area contributed by atoms with Gasteiger partial charge in [-0.3, -0.25) is 4.98 Å². The van der Waals surface area contributed by atoms with Crippen molar-refractivity contribution in [3.8, 4) is 5.75 Å². The van der Waals surface area contributed by atoms with Gasteiger partial charge in [-0.25, -0.2) is 0 Å². The summed E-state index contributed by atoms with van der Waals surface area (Å²) in [5.74, 6) is 0.629. The van der Waals surface area contributed by atoms with Gasteiger partial charge in [-0.15, -0.1) is 0 Å². The molecule has 0 aliphatic rings. The van der Waals surface area contributed by atoms with Gasteiger partial charge in [0.15, 0.2) is 0 Å². The highest BCUT2D eigenvalue weighted by molar-refractivity contribution is 9.10. The minimum Gasteiger partial charge on any atom is -0.495 e. The first-order valence-corrected chi connectivity index (χ1v) is 6.28. The van der Waals surface area contributed by atoms with Gasteiger partial charge >= 0.3 is 0 Å². The van der Waals surface area contributed by atoms with E-state index in [9.17, 15) is 0 Å². The monoisotopic (exact) mass is 327 g/mol. The summed E-state index contributed by atoms with van der Waals surface area (Å²) in [7, 11) is 1.58. The third-order valence-corrected chi connectivity index (χ3v) is 3.25. The zero-order valence-electron chi connectivity index (χ0n) is 9.58. The van der Waals surface area contributed by atoms with Crippen LogP contribution in [0.5, 0.6) is 5.75 Å². The fourth-order valence-corrected chi connectivity index (χ4v) is 2.17. The summed E-state index contributed by atoms with van der Waals surface area (Å²) >= 11 is 9.44. The maximum absolute atomic E-state index is 6.06. The lowest BCUT2D eigenvalue weighted by Crippen LogP contribution is -1.98. The Morgan fingerprint density at radius 2 is 2.17 bits per heavy atom. The van der Waals surface area contributed by atoms with E-state index in [-0.39, 0.29) is 0 Å². The number of nitrogens with one attached hydrogen (secondary N) is 1. The van der Waals surface area contributed by atoms with E-state index in [4.69, 9.17) is 22.1 Å². The number of rotatable bonds is 3. The fourth-order valence-electron chi connectivity index (χ4n) is 1.47. The molecule has 0 radical (unpaired) electrons. The highest BCUT2D eigenvalue weighted by atomic mass is 79.9. The first-order chi connectivity index (χ1) is 8.61. The van der Waals surface area contributed by atoms with Crippen molar-refractivity contribution in [3.63, 3.8) is 0 Å². The molecule has 18 heavy (non-hydrogen) atoms. The van der Waals surface area contributed by atoms with Crippen molar-refractivity contribution in [2.24, 2.45) is 0 Å². The maximum atomic E-state index is 6.06. The predicted octanol–water partition coefficient (Wildman–Crippen LogP) is 3.83. The molecule has 0 unspecified atom stereocenters.